The number of hydrogen-bond acceptors (Lipinski definition) is 4. The van der Waals surface area contributed by atoms with Crippen LogP contribution in [0.2, 0.25) is 0 Å². The van der Waals surface area contributed by atoms with Crippen molar-refractivity contribution in [1.29, 1.82) is 0 Å². The lowest BCUT2D eigenvalue weighted by molar-refractivity contribution is 0.0687. The van der Waals surface area contributed by atoms with E-state index in [2.05, 4.69) is 28.3 Å². The van der Waals surface area contributed by atoms with E-state index >= 15 is 0 Å². The van der Waals surface area contributed by atoms with Crippen molar-refractivity contribution in [2.75, 3.05) is 7.05 Å². The fourth-order valence-corrected chi connectivity index (χ4v) is 4.06. The molecule has 2 aromatic heterocycles. The molecular weight excluding hydrogens is 354 g/mol. The average Bonchev–Trinajstić information content (AvgIpc) is 3.32. The van der Waals surface area contributed by atoms with Crippen LogP contribution in [0.25, 0.3) is 5.69 Å². The van der Waals surface area contributed by atoms with E-state index < -0.39 is 5.97 Å². The number of hydrogen-bond donors (Lipinski definition) is 1. The minimum Gasteiger partial charge on any atom is -0.476 e. The molecule has 3 aromatic rings. The summed E-state index contributed by atoms with van der Waals surface area (Å²) in [6.07, 6.45) is 6.54. The van der Waals surface area contributed by atoms with Crippen LogP contribution in [-0.4, -0.2) is 48.6 Å². The molecular formula is C21H25N5O2. The molecule has 0 saturated carbocycles. The molecule has 1 N–H and O–H groups in total. The van der Waals surface area contributed by atoms with Crippen LogP contribution in [0.5, 0.6) is 0 Å². The van der Waals surface area contributed by atoms with Crippen LogP contribution in [0.15, 0.2) is 42.7 Å². The van der Waals surface area contributed by atoms with E-state index in [-0.39, 0.29) is 5.69 Å². The maximum absolute atomic E-state index is 11.6. The number of carbonyl (C=O) groups is 1. The van der Waals surface area contributed by atoms with Crippen LogP contribution in [-0.2, 0) is 25.9 Å². The number of aromatic nitrogens is 4. The van der Waals surface area contributed by atoms with Gasteiger partial charge >= 0.3 is 5.97 Å². The predicted octanol–water partition coefficient (Wildman–Crippen LogP) is 2.78. The zero-order valence-corrected chi connectivity index (χ0v) is 16.2. The van der Waals surface area contributed by atoms with Crippen LogP contribution >= 0.6 is 0 Å². The molecule has 7 heteroatoms. The van der Waals surface area contributed by atoms with Gasteiger partial charge in [-0.15, -0.1) is 0 Å². The van der Waals surface area contributed by atoms with Crippen LogP contribution in [0.3, 0.4) is 0 Å². The molecule has 0 bridgehead atoms. The first-order chi connectivity index (χ1) is 13.6. The smallest absolute Gasteiger partial charge is 0.356 e. The minimum absolute atomic E-state index is 0.215. The second kappa shape index (κ2) is 7.59. The van der Waals surface area contributed by atoms with Gasteiger partial charge in [-0.2, -0.15) is 10.2 Å². The first-order valence-corrected chi connectivity index (χ1v) is 9.68. The summed E-state index contributed by atoms with van der Waals surface area (Å²) in [7, 11) is 2.10. The van der Waals surface area contributed by atoms with Crippen molar-refractivity contribution in [2.45, 2.75) is 45.3 Å². The van der Waals surface area contributed by atoms with Crippen LogP contribution in [0.1, 0.15) is 40.7 Å². The second-order valence-corrected chi connectivity index (χ2v) is 7.34. The van der Waals surface area contributed by atoms with Gasteiger partial charge in [-0.3, -0.25) is 9.58 Å². The minimum atomic E-state index is -0.934. The molecule has 0 aliphatic heterocycles. The Kier molecular flexibility index (Phi) is 5.00. The lowest BCUT2D eigenvalue weighted by atomic mass is 9.90. The molecule has 2 heterocycles. The second-order valence-electron chi connectivity index (χ2n) is 7.34. The number of carboxylic acids is 1. The van der Waals surface area contributed by atoms with Crippen molar-refractivity contribution >= 4 is 5.97 Å². The third-order valence-corrected chi connectivity index (χ3v) is 5.53. The summed E-state index contributed by atoms with van der Waals surface area (Å²) < 4.78 is 3.73. The highest BCUT2D eigenvalue weighted by Crippen LogP contribution is 2.28. The monoisotopic (exact) mass is 379 g/mol. The van der Waals surface area contributed by atoms with Gasteiger partial charge in [0.25, 0.3) is 0 Å². The first kappa shape index (κ1) is 18.4. The van der Waals surface area contributed by atoms with Gasteiger partial charge in [0.2, 0.25) is 0 Å². The fourth-order valence-electron chi connectivity index (χ4n) is 4.06. The average molecular weight is 379 g/mol. The van der Waals surface area contributed by atoms with Crippen molar-refractivity contribution in [3.05, 3.63) is 65.2 Å². The highest BCUT2D eigenvalue weighted by Gasteiger charge is 2.30. The Morgan fingerprint density at radius 3 is 2.82 bits per heavy atom. The quantitative estimate of drug-likeness (QED) is 0.713. The van der Waals surface area contributed by atoms with E-state index in [1.165, 1.54) is 0 Å². The molecule has 28 heavy (non-hydrogen) atoms. The van der Waals surface area contributed by atoms with E-state index in [0.29, 0.717) is 12.6 Å². The summed E-state index contributed by atoms with van der Waals surface area (Å²) >= 11 is 0. The van der Waals surface area contributed by atoms with Gasteiger partial charge in [-0.25, -0.2) is 9.48 Å². The van der Waals surface area contributed by atoms with Gasteiger partial charge in [0.05, 0.1) is 11.9 Å². The molecule has 1 aliphatic carbocycles. The molecule has 0 radical (unpaired) electrons. The number of aryl methyl sites for hydroxylation is 1. The Bertz CT molecular complexity index is 976. The van der Waals surface area contributed by atoms with E-state index in [9.17, 15) is 9.90 Å². The largest absolute Gasteiger partial charge is 0.476 e. The fraction of sp³-hybridized carbons (Fsp3) is 0.381. The van der Waals surface area contributed by atoms with Crippen molar-refractivity contribution in [2.24, 2.45) is 0 Å². The number of para-hydroxylation sites is 1. The zero-order valence-electron chi connectivity index (χ0n) is 16.2. The van der Waals surface area contributed by atoms with Crippen molar-refractivity contribution in [3.8, 4) is 5.69 Å². The molecule has 4 rings (SSSR count). The predicted molar refractivity (Wildman–Crippen MR) is 106 cm³/mol. The normalized spacial score (nSPS) is 16.3. The SMILES string of the molecule is CCn1nc(C(=O)O)c2c1CC[C@H](N(C)Cc1cnn(-c3ccccc3)c1)C2. The number of nitrogens with zero attached hydrogens (tertiary/aromatic N) is 5. The Hall–Kier alpha value is -2.93. The first-order valence-electron chi connectivity index (χ1n) is 9.68. The maximum atomic E-state index is 11.6. The summed E-state index contributed by atoms with van der Waals surface area (Å²) in [6, 6.07) is 10.3. The third kappa shape index (κ3) is 3.45. The highest BCUT2D eigenvalue weighted by molar-refractivity contribution is 5.87. The highest BCUT2D eigenvalue weighted by atomic mass is 16.4. The molecule has 7 nitrogen and oxygen atoms in total. The molecule has 1 aromatic carbocycles. The number of aromatic carboxylic acids is 1. The molecule has 146 valence electrons. The summed E-state index contributed by atoms with van der Waals surface area (Å²) in [5.41, 5.74) is 4.38. The molecule has 0 spiro atoms. The summed E-state index contributed by atoms with van der Waals surface area (Å²) in [5.74, 6) is -0.934. The van der Waals surface area contributed by atoms with Crippen LogP contribution in [0.4, 0.5) is 0 Å². The molecule has 0 saturated heterocycles. The molecule has 1 atom stereocenters. The lowest BCUT2D eigenvalue weighted by Crippen LogP contribution is -2.36. The van der Waals surface area contributed by atoms with Gasteiger partial charge in [0.15, 0.2) is 5.69 Å². The van der Waals surface area contributed by atoms with Gasteiger partial charge < -0.3 is 5.11 Å². The topological polar surface area (TPSA) is 76.2 Å². The van der Waals surface area contributed by atoms with Crippen LogP contribution in [0, 0.1) is 0 Å². The number of carboxylic acid groups (broad SMARTS) is 1. The Labute approximate surface area is 164 Å². The number of rotatable bonds is 6. The van der Waals surface area contributed by atoms with Crippen LogP contribution < -0.4 is 0 Å². The molecule has 0 unspecified atom stereocenters. The summed E-state index contributed by atoms with van der Waals surface area (Å²) in [6.45, 7) is 3.48. The van der Waals surface area contributed by atoms with Gasteiger partial charge in [0.1, 0.15) is 0 Å². The van der Waals surface area contributed by atoms with E-state index in [4.69, 9.17) is 0 Å². The Morgan fingerprint density at radius 1 is 1.32 bits per heavy atom. The summed E-state index contributed by atoms with van der Waals surface area (Å²) in [4.78, 5) is 13.9. The maximum Gasteiger partial charge on any atom is 0.356 e. The Morgan fingerprint density at radius 2 is 2.11 bits per heavy atom. The zero-order chi connectivity index (χ0) is 19.7. The lowest BCUT2D eigenvalue weighted by Gasteiger charge is -2.31. The standard InChI is InChI=1S/C21H25N5O2/c1-3-25-19-10-9-17(11-18(19)20(23-25)21(27)28)24(2)13-15-12-22-26(14-15)16-7-5-4-6-8-16/h4-8,12,14,17H,3,9-11,13H2,1-2H3,(H,27,28)/t17-/m0/s1. The van der Waals surface area contributed by atoms with Gasteiger partial charge in [-0.1, -0.05) is 18.2 Å². The van der Waals surface area contributed by atoms with E-state index in [1.807, 2.05) is 52.8 Å². The Balaban J connectivity index is 1.48. The number of benzene rings is 1. The van der Waals surface area contributed by atoms with Crippen molar-refractivity contribution in [1.82, 2.24) is 24.5 Å². The van der Waals surface area contributed by atoms with E-state index in [1.54, 1.807) is 0 Å². The molecule has 0 amide bonds. The molecule has 0 fully saturated rings. The third-order valence-electron chi connectivity index (χ3n) is 5.53. The summed E-state index contributed by atoms with van der Waals surface area (Å²) in [5, 5.41) is 18.3. The van der Waals surface area contributed by atoms with Crippen molar-refractivity contribution in [3.63, 3.8) is 0 Å². The van der Waals surface area contributed by atoms with Crippen molar-refractivity contribution < 1.29 is 9.90 Å². The van der Waals surface area contributed by atoms with Gasteiger partial charge in [0, 0.05) is 42.1 Å². The number of likely N-dealkylation sites (N-methyl/N-ethyl adjacent to an activating group) is 1. The van der Waals surface area contributed by atoms with E-state index in [0.717, 1.165) is 48.3 Å². The number of fused-ring (bicyclic) bond motifs is 1. The van der Waals surface area contributed by atoms with Gasteiger partial charge in [-0.05, 0) is 45.4 Å². The molecule has 1 aliphatic rings.